The lowest BCUT2D eigenvalue weighted by Gasteiger charge is -2.42. The van der Waals surface area contributed by atoms with E-state index in [2.05, 4.69) is 25.7 Å². The second-order valence-corrected chi connectivity index (χ2v) is 7.23. The molecular weight excluding hydrogens is 252 g/mol. The van der Waals surface area contributed by atoms with Crippen LogP contribution < -0.4 is 0 Å². The van der Waals surface area contributed by atoms with Gasteiger partial charge in [-0.1, -0.05) is 6.92 Å². The van der Waals surface area contributed by atoms with Gasteiger partial charge in [-0.15, -0.1) is 0 Å². The summed E-state index contributed by atoms with van der Waals surface area (Å²) in [5.74, 6) is 0.241. The summed E-state index contributed by atoms with van der Waals surface area (Å²) in [6, 6.07) is 0.958. The molecule has 4 unspecified atom stereocenters. The Hall–Kier alpha value is -0.610. The fourth-order valence-corrected chi connectivity index (χ4v) is 4.00. The Morgan fingerprint density at radius 1 is 1.35 bits per heavy atom. The van der Waals surface area contributed by atoms with Crippen molar-refractivity contribution in [3.05, 3.63) is 0 Å². The zero-order chi connectivity index (χ0) is 14.9. The molecule has 2 aliphatic heterocycles. The molecule has 0 spiro atoms. The normalized spacial score (nSPS) is 37.1. The van der Waals surface area contributed by atoms with Crippen molar-refractivity contribution in [1.82, 2.24) is 9.80 Å². The van der Waals surface area contributed by atoms with Crippen LogP contribution in [0.5, 0.6) is 0 Å². The van der Waals surface area contributed by atoms with Gasteiger partial charge in [0.25, 0.3) is 0 Å². The number of nitrogens with zero attached hydrogens (tertiary/aromatic N) is 2. The van der Waals surface area contributed by atoms with E-state index in [9.17, 15) is 9.90 Å². The SMILES string of the molecule is CC1CCC(C)N1C(C)C(=O)N1CCCC(C)(CO)C1. The van der Waals surface area contributed by atoms with E-state index in [0.717, 1.165) is 19.4 Å². The van der Waals surface area contributed by atoms with Crippen LogP contribution >= 0.6 is 0 Å². The van der Waals surface area contributed by atoms with Crippen molar-refractivity contribution >= 4 is 5.91 Å². The van der Waals surface area contributed by atoms with Crippen molar-refractivity contribution in [1.29, 1.82) is 0 Å². The van der Waals surface area contributed by atoms with Gasteiger partial charge >= 0.3 is 0 Å². The smallest absolute Gasteiger partial charge is 0.239 e. The zero-order valence-corrected chi connectivity index (χ0v) is 13.4. The molecular formula is C16H30N2O2. The van der Waals surface area contributed by atoms with Gasteiger partial charge in [-0.05, 0) is 46.5 Å². The molecule has 2 fully saturated rings. The molecule has 1 N–H and O–H groups in total. The van der Waals surface area contributed by atoms with Crippen LogP contribution in [0, 0.1) is 5.41 Å². The lowest BCUT2D eigenvalue weighted by molar-refractivity contribution is -0.141. The highest BCUT2D eigenvalue weighted by molar-refractivity contribution is 5.81. The number of piperidine rings is 1. The van der Waals surface area contributed by atoms with Crippen LogP contribution in [0.25, 0.3) is 0 Å². The maximum Gasteiger partial charge on any atom is 0.239 e. The van der Waals surface area contributed by atoms with E-state index >= 15 is 0 Å². The third-order valence-corrected chi connectivity index (χ3v) is 5.30. The maximum absolute atomic E-state index is 12.8. The number of carbonyl (C=O) groups is 1. The van der Waals surface area contributed by atoms with Gasteiger partial charge in [0.05, 0.1) is 12.6 Å². The fraction of sp³-hybridized carbons (Fsp3) is 0.938. The van der Waals surface area contributed by atoms with Crippen LogP contribution in [0.3, 0.4) is 0 Å². The standard InChI is InChI=1S/C16H30N2O2/c1-12-6-7-13(2)18(12)14(3)15(20)17-9-5-8-16(4,10-17)11-19/h12-14,19H,5-11H2,1-4H3. The molecule has 0 bridgehead atoms. The number of aliphatic hydroxyl groups is 1. The number of hydrogen-bond acceptors (Lipinski definition) is 3. The predicted molar refractivity (Wildman–Crippen MR) is 80.5 cm³/mol. The lowest BCUT2D eigenvalue weighted by atomic mass is 9.82. The van der Waals surface area contributed by atoms with E-state index in [1.165, 1.54) is 12.8 Å². The monoisotopic (exact) mass is 282 g/mol. The number of amides is 1. The molecule has 0 aromatic carbocycles. The van der Waals surface area contributed by atoms with Crippen molar-refractivity contribution in [2.45, 2.75) is 71.5 Å². The van der Waals surface area contributed by atoms with Crippen molar-refractivity contribution in [3.8, 4) is 0 Å². The van der Waals surface area contributed by atoms with E-state index in [1.54, 1.807) is 0 Å². The Bertz CT molecular complexity index is 350. The Morgan fingerprint density at radius 2 is 1.95 bits per heavy atom. The molecule has 2 saturated heterocycles. The molecule has 4 nitrogen and oxygen atoms in total. The Morgan fingerprint density at radius 3 is 2.50 bits per heavy atom. The van der Waals surface area contributed by atoms with Gasteiger partial charge in [0.1, 0.15) is 0 Å². The Labute approximate surface area is 123 Å². The molecule has 0 saturated carbocycles. The maximum atomic E-state index is 12.8. The molecule has 2 heterocycles. The van der Waals surface area contributed by atoms with Gasteiger partial charge < -0.3 is 10.0 Å². The molecule has 0 aromatic heterocycles. The highest BCUT2D eigenvalue weighted by Gasteiger charge is 2.39. The molecule has 2 rings (SSSR count). The van der Waals surface area contributed by atoms with Crippen molar-refractivity contribution in [2.24, 2.45) is 5.41 Å². The van der Waals surface area contributed by atoms with Crippen molar-refractivity contribution in [2.75, 3.05) is 19.7 Å². The molecule has 4 heteroatoms. The van der Waals surface area contributed by atoms with Crippen LogP contribution in [-0.2, 0) is 4.79 Å². The predicted octanol–water partition coefficient (Wildman–Crippen LogP) is 1.87. The average molecular weight is 282 g/mol. The number of likely N-dealkylation sites (tertiary alicyclic amines) is 2. The molecule has 0 radical (unpaired) electrons. The first-order chi connectivity index (χ1) is 9.38. The van der Waals surface area contributed by atoms with Gasteiger partial charge in [0.15, 0.2) is 0 Å². The Balaban J connectivity index is 2.03. The van der Waals surface area contributed by atoms with Gasteiger partial charge in [-0.25, -0.2) is 0 Å². The van der Waals surface area contributed by atoms with Gasteiger partial charge in [-0.3, -0.25) is 9.69 Å². The van der Waals surface area contributed by atoms with E-state index in [-0.39, 0.29) is 24.0 Å². The van der Waals surface area contributed by atoms with Crippen LogP contribution in [0.15, 0.2) is 0 Å². The summed E-state index contributed by atoms with van der Waals surface area (Å²) in [5.41, 5.74) is -0.115. The first-order valence-corrected chi connectivity index (χ1v) is 8.05. The number of hydrogen-bond donors (Lipinski definition) is 1. The second kappa shape index (κ2) is 6.02. The summed E-state index contributed by atoms with van der Waals surface area (Å²) >= 11 is 0. The van der Waals surface area contributed by atoms with E-state index in [1.807, 2.05) is 11.8 Å². The summed E-state index contributed by atoms with van der Waals surface area (Å²) in [6.07, 6.45) is 4.39. The van der Waals surface area contributed by atoms with Crippen molar-refractivity contribution < 1.29 is 9.90 Å². The van der Waals surface area contributed by atoms with Crippen LogP contribution in [0.4, 0.5) is 0 Å². The highest BCUT2D eigenvalue weighted by atomic mass is 16.3. The largest absolute Gasteiger partial charge is 0.396 e. The third-order valence-electron chi connectivity index (χ3n) is 5.30. The molecule has 20 heavy (non-hydrogen) atoms. The molecule has 4 atom stereocenters. The summed E-state index contributed by atoms with van der Waals surface area (Å²) in [5, 5.41) is 9.54. The minimum absolute atomic E-state index is 0.0384. The van der Waals surface area contributed by atoms with E-state index < -0.39 is 0 Å². The van der Waals surface area contributed by atoms with Crippen LogP contribution in [0.2, 0.25) is 0 Å². The third kappa shape index (κ3) is 3.01. The van der Waals surface area contributed by atoms with E-state index in [0.29, 0.717) is 18.6 Å². The fourth-order valence-electron chi connectivity index (χ4n) is 4.00. The molecule has 1 amide bonds. The van der Waals surface area contributed by atoms with E-state index in [4.69, 9.17) is 0 Å². The molecule has 116 valence electrons. The van der Waals surface area contributed by atoms with Crippen molar-refractivity contribution in [3.63, 3.8) is 0 Å². The van der Waals surface area contributed by atoms with Crippen LogP contribution in [0.1, 0.15) is 53.4 Å². The number of carbonyl (C=O) groups excluding carboxylic acids is 1. The highest BCUT2D eigenvalue weighted by Crippen LogP contribution is 2.31. The number of rotatable bonds is 3. The molecule has 2 aliphatic rings. The zero-order valence-electron chi connectivity index (χ0n) is 13.4. The number of aliphatic hydroxyl groups excluding tert-OH is 1. The minimum Gasteiger partial charge on any atom is -0.396 e. The van der Waals surface area contributed by atoms with Gasteiger partial charge in [0, 0.05) is 30.6 Å². The minimum atomic E-state index is -0.115. The lowest BCUT2D eigenvalue weighted by Crippen LogP contribution is -2.54. The van der Waals surface area contributed by atoms with Gasteiger partial charge in [0.2, 0.25) is 5.91 Å². The summed E-state index contributed by atoms with van der Waals surface area (Å²) < 4.78 is 0. The molecule has 0 aromatic rings. The van der Waals surface area contributed by atoms with Crippen LogP contribution in [-0.4, -0.2) is 58.6 Å². The quantitative estimate of drug-likeness (QED) is 0.859. The molecule has 0 aliphatic carbocycles. The average Bonchev–Trinajstić information content (AvgIpc) is 2.76. The first-order valence-electron chi connectivity index (χ1n) is 8.05. The second-order valence-electron chi connectivity index (χ2n) is 7.23. The Kier molecular flexibility index (Phi) is 4.75. The van der Waals surface area contributed by atoms with Gasteiger partial charge in [-0.2, -0.15) is 0 Å². The summed E-state index contributed by atoms with van der Waals surface area (Å²) in [7, 11) is 0. The summed E-state index contributed by atoms with van der Waals surface area (Å²) in [6.45, 7) is 10.3. The first kappa shape index (κ1) is 15.8. The topological polar surface area (TPSA) is 43.8 Å². The summed E-state index contributed by atoms with van der Waals surface area (Å²) in [4.78, 5) is 17.1.